The van der Waals surface area contributed by atoms with E-state index in [1.54, 1.807) is 7.11 Å². The molecule has 17 heavy (non-hydrogen) atoms. The topological polar surface area (TPSA) is 76.8 Å². The van der Waals surface area contributed by atoms with Crippen LogP contribution in [0.15, 0.2) is 30.3 Å². The lowest BCUT2D eigenvalue weighted by Gasteiger charge is -2.06. The van der Waals surface area contributed by atoms with Crippen molar-refractivity contribution in [2.24, 2.45) is 5.73 Å². The summed E-state index contributed by atoms with van der Waals surface area (Å²) in [5.74, 6) is 1.33. The number of methoxy groups -OCH3 is 1. The highest BCUT2D eigenvalue weighted by Crippen LogP contribution is 2.12. The number of aromatic amines is 1. The predicted octanol–water partition coefficient (Wildman–Crippen LogP) is 1.19. The maximum Gasteiger partial charge on any atom is 0.167 e. The van der Waals surface area contributed by atoms with E-state index >= 15 is 0 Å². The van der Waals surface area contributed by atoms with E-state index in [0.29, 0.717) is 18.3 Å². The summed E-state index contributed by atoms with van der Waals surface area (Å²) < 4.78 is 4.96. The number of ether oxygens (including phenoxy) is 1. The van der Waals surface area contributed by atoms with Crippen LogP contribution >= 0.6 is 0 Å². The summed E-state index contributed by atoms with van der Waals surface area (Å²) in [4.78, 5) is 4.28. The quantitative estimate of drug-likeness (QED) is 0.812. The molecule has 0 saturated carbocycles. The van der Waals surface area contributed by atoms with Crippen LogP contribution < -0.4 is 5.73 Å². The minimum absolute atomic E-state index is 0.195. The van der Waals surface area contributed by atoms with Crippen LogP contribution in [0.4, 0.5) is 0 Å². The molecule has 1 aromatic heterocycles. The van der Waals surface area contributed by atoms with Crippen LogP contribution in [0.5, 0.6) is 0 Å². The first-order valence-corrected chi connectivity index (χ1v) is 5.49. The zero-order valence-electron chi connectivity index (χ0n) is 9.76. The third-order valence-electron chi connectivity index (χ3n) is 2.46. The highest BCUT2D eigenvalue weighted by molar-refractivity contribution is 5.17. The van der Waals surface area contributed by atoms with E-state index in [9.17, 15) is 0 Å². The first kappa shape index (κ1) is 11.8. The molecule has 0 bridgehead atoms. The molecule has 0 radical (unpaired) electrons. The Morgan fingerprint density at radius 2 is 2.12 bits per heavy atom. The fourth-order valence-corrected chi connectivity index (χ4v) is 1.64. The summed E-state index contributed by atoms with van der Waals surface area (Å²) in [6.07, 6.45) is 0.727. The van der Waals surface area contributed by atoms with Gasteiger partial charge in [-0.25, -0.2) is 4.98 Å². The molecular weight excluding hydrogens is 216 g/mol. The third-order valence-corrected chi connectivity index (χ3v) is 2.46. The number of aromatic nitrogens is 3. The molecule has 0 amide bonds. The van der Waals surface area contributed by atoms with Gasteiger partial charge >= 0.3 is 0 Å². The van der Waals surface area contributed by atoms with Crippen molar-refractivity contribution in [3.05, 3.63) is 47.5 Å². The molecule has 5 heteroatoms. The molecule has 1 aromatic carbocycles. The lowest BCUT2D eigenvalue weighted by Crippen LogP contribution is -2.15. The molecule has 1 heterocycles. The van der Waals surface area contributed by atoms with E-state index in [0.717, 1.165) is 6.42 Å². The van der Waals surface area contributed by atoms with Gasteiger partial charge in [-0.1, -0.05) is 30.3 Å². The minimum atomic E-state index is -0.195. The minimum Gasteiger partial charge on any atom is -0.377 e. The molecule has 5 nitrogen and oxygen atoms in total. The summed E-state index contributed by atoms with van der Waals surface area (Å²) in [5, 5.41) is 6.90. The van der Waals surface area contributed by atoms with E-state index in [-0.39, 0.29) is 6.04 Å². The van der Waals surface area contributed by atoms with Gasteiger partial charge in [-0.2, -0.15) is 5.10 Å². The van der Waals surface area contributed by atoms with Crippen LogP contribution in [0.1, 0.15) is 23.3 Å². The third kappa shape index (κ3) is 3.12. The lowest BCUT2D eigenvalue weighted by atomic mass is 10.1. The first-order chi connectivity index (χ1) is 8.29. The zero-order chi connectivity index (χ0) is 12.1. The molecule has 0 aliphatic carbocycles. The Morgan fingerprint density at radius 3 is 2.82 bits per heavy atom. The first-order valence-electron chi connectivity index (χ1n) is 5.49. The molecular formula is C12H16N4O. The van der Waals surface area contributed by atoms with E-state index in [4.69, 9.17) is 10.5 Å². The number of H-pyrrole nitrogens is 1. The van der Waals surface area contributed by atoms with E-state index in [1.807, 2.05) is 30.3 Å². The number of nitrogens with zero attached hydrogens (tertiary/aromatic N) is 2. The van der Waals surface area contributed by atoms with Crippen LogP contribution in [-0.2, 0) is 17.8 Å². The van der Waals surface area contributed by atoms with Gasteiger partial charge in [0.1, 0.15) is 6.61 Å². The molecule has 0 unspecified atom stereocenters. The number of rotatable bonds is 5. The highest BCUT2D eigenvalue weighted by Gasteiger charge is 2.12. The van der Waals surface area contributed by atoms with Crippen molar-refractivity contribution in [2.45, 2.75) is 19.1 Å². The van der Waals surface area contributed by atoms with Gasteiger partial charge in [0.05, 0.1) is 6.04 Å². The van der Waals surface area contributed by atoms with Crippen LogP contribution in [0.2, 0.25) is 0 Å². The Kier molecular flexibility index (Phi) is 3.85. The van der Waals surface area contributed by atoms with Crippen molar-refractivity contribution in [2.75, 3.05) is 7.11 Å². The second-order valence-electron chi connectivity index (χ2n) is 3.87. The molecule has 0 saturated heterocycles. The van der Waals surface area contributed by atoms with Gasteiger partial charge in [0, 0.05) is 7.11 Å². The summed E-state index contributed by atoms with van der Waals surface area (Å²) in [6.45, 7) is 0.422. The van der Waals surface area contributed by atoms with Gasteiger partial charge in [0.25, 0.3) is 0 Å². The highest BCUT2D eigenvalue weighted by atomic mass is 16.5. The van der Waals surface area contributed by atoms with Gasteiger partial charge in [-0.3, -0.25) is 5.10 Å². The van der Waals surface area contributed by atoms with Gasteiger partial charge < -0.3 is 10.5 Å². The van der Waals surface area contributed by atoms with Gasteiger partial charge in [0.15, 0.2) is 11.6 Å². The fraction of sp³-hybridized carbons (Fsp3) is 0.333. The number of hydrogen-bond acceptors (Lipinski definition) is 4. The molecule has 0 aliphatic rings. The number of hydrogen-bond donors (Lipinski definition) is 2. The molecule has 3 N–H and O–H groups in total. The van der Waals surface area contributed by atoms with E-state index < -0.39 is 0 Å². The van der Waals surface area contributed by atoms with Crippen LogP contribution in [0.3, 0.4) is 0 Å². The molecule has 2 aromatic rings. The SMILES string of the molecule is COCc1nc([C@@H](N)Cc2ccccc2)n[nH]1. The van der Waals surface area contributed by atoms with Crippen molar-refractivity contribution in [3.63, 3.8) is 0 Å². The summed E-state index contributed by atoms with van der Waals surface area (Å²) >= 11 is 0. The molecule has 0 spiro atoms. The van der Waals surface area contributed by atoms with Gasteiger partial charge in [-0.15, -0.1) is 0 Å². The maximum atomic E-state index is 6.05. The second-order valence-corrected chi connectivity index (χ2v) is 3.87. The van der Waals surface area contributed by atoms with E-state index in [2.05, 4.69) is 15.2 Å². The van der Waals surface area contributed by atoms with Crippen LogP contribution in [0.25, 0.3) is 0 Å². The second kappa shape index (κ2) is 5.56. The van der Waals surface area contributed by atoms with E-state index in [1.165, 1.54) is 5.56 Å². The van der Waals surface area contributed by atoms with Crippen molar-refractivity contribution < 1.29 is 4.74 Å². The smallest absolute Gasteiger partial charge is 0.167 e. The normalized spacial score (nSPS) is 12.6. The summed E-state index contributed by atoms with van der Waals surface area (Å²) in [5.41, 5.74) is 7.23. The Morgan fingerprint density at radius 1 is 1.35 bits per heavy atom. The van der Waals surface area contributed by atoms with Crippen molar-refractivity contribution in [1.82, 2.24) is 15.2 Å². The monoisotopic (exact) mass is 232 g/mol. The molecule has 0 aliphatic heterocycles. The predicted molar refractivity (Wildman–Crippen MR) is 64.2 cm³/mol. The number of nitrogens with two attached hydrogens (primary N) is 1. The Hall–Kier alpha value is -1.72. The molecule has 90 valence electrons. The molecule has 0 fully saturated rings. The van der Waals surface area contributed by atoms with Crippen molar-refractivity contribution in [1.29, 1.82) is 0 Å². The maximum absolute atomic E-state index is 6.05. The Labute approximate surface area is 100 Å². The van der Waals surface area contributed by atoms with Crippen LogP contribution in [0, 0.1) is 0 Å². The summed E-state index contributed by atoms with van der Waals surface area (Å²) in [7, 11) is 1.62. The lowest BCUT2D eigenvalue weighted by molar-refractivity contribution is 0.178. The summed E-state index contributed by atoms with van der Waals surface area (Å²) in [6, 6.07) is 9.87. The average Bonchev–Trinajstić information content (AvgIpc) is 2.79. The van der Waals surface area contributed by atoms with Crippen molar-refractivity contribution in [3.8, 4) is 0 Å². The van der Waals surface area contributed by atoms with Crippen molar-refractivity contribution >= 4 is 0 Å². The number of nitrogens with one attached hydrogen (secondary N) is 1. The molecule has 2 rings (SSSR count). The Bertz CT molecular complexity index is 455. The number of benzene rings is 1. The zero-order valence-corrected chi connectivity index (χ0v) is 9.76. The molecule has 1 atom stereocenters. The average molecular weight is 232 g/mol. The standard InChI is InChI=1S/C12H16N4O/c1-17-8-11-14-12(16-15-11)10(13)7-9-5-3-2-4-6-9/h2-6,10H,7-8,13H2,1H3,(H,14,15,16)/t10-/m0/s1. The van der Waals surface area contributed by atoms with Gasteiger partial charge in [0.2, 0.25) is 0 Å². The largest absolute Gasteiger partial charge is 0.377 e. The fourth-order valence-electron chi connectivity index (χ4n) is 1.64. The van der Waals surface area contributed by atoms with Crippen LogP contribution in [-0.4, -0.2) is 22.3 Å². The van der Waals surface area contributed by atoms with Gasteiger partial charge in [-0.05, 0) is 12.0 Å². The Balaban J connectivity index is 2.01.